The van der Waals surface area contributed by atoms with Crippen LogP contribution in [0.25, 0.3) is 5.69 Å². The number of anilines is 1. The van der Waals surface area contributed by atoms with Gasteiger partial charge in [0.1, 0.15) is 5.69 Å². The van der Waals surface area contributed by atoms with Gasteiger partial charge in [-0.25, -0.2) is 4.68 Å². The number of amides is 1. The summed E-state index contributed by atoms with van der Waals surface area (Å²) in [5.74, 6) is 0.0403. The Hall–Kier alpha value is -2.18. The molecule has 3 aromatic heterocycles. The van der Waals surface area contributed by atoms with Crippen molar-refractivity contribution in [3.8, 4) is 5.69 Å². The summed E-state index contributed by atoms with van der Waals surface area (Å²) in [5.41, 5.74) is 1.42. The van der Waals surface area contributed by atoms with E-state index in [4.69, 9.17) is 11.6 Å². The second-order valence-electron chi connectivity index (χ2n) is 5.18. The van der Waals surface area contributed by atoms with Crippen LogP contribution in [0.5, 0.6) is 0 Å². The maximum Gasteiger partial charge on any atom is 0.227 e. The normalized spacial score (nSPS) is 10.8. The zero-order chi connectivity index (χ0) is 16.9. The molecular weight excluding hydrogens is 344 g/mol. The number of nitrogens with zero attached hydrogens (tertiary/aromatic N) is 4. The van der Waals surface area contributed by atoms with Gasteiger partial charge < -0.3 is 4.90 Å². The molecule has 7 heteroatoms. The van der Waals surface area contributed by atoms with Gasteiger partial charge in [-0.1, -0.05) is 17.7 Å². The Kier molecular flexibility index (Phi) is 5.27. The lowest BCUT2D eigenvalue weighted by Crippen LogP contribution is -2.30. The van der Waals surface area contributed by atoms with Gasteiger partial charge in [0.05, 0.1) is 18.1 Å². The van der Waals surface area contributed by atoms with Crippen molar-refractivity contribution in [2.24, 2.45) is 0 Å². The van der Waals surface area contributed by atoms with Crippen LogP contribution < -0.4 is 4.90 Å². The molecule has 124 valence electrons. The van der Waals surface area contributed by atoms with E-state index in [9.17, 15) is 4.79 Å². The second kappa shape index (κ2) is 7.59. The van der Waals surface area contributed by atoms with Gasteiger partial charge in [-0.2, -0.15) is 5.10 Å². The molecule has 0 radical (unpaired) electrons. The van der Waals surface area contributed by atoms with Crippen LogP contribution in [0.3, 0.4) is 0 Å². The molecule has 5 nitrogen and oxygen atoms in total. The number of aromatic nitrogens is 3. The minimum absolute atomic E-state index is 0.0403. The number of carbonyl (C=O) groups excluding carboxylic acids is 1. The number of thiophene rings is 1. The lowest BCUT2D eigenvalue weighted by atomic mass is 10.2. The third kappa shape index (κ3) is 3.66. The van der Waals surface area contributed by atoms with E-state index in [2.05, 4.69) is 10.1 Å². The molecule has 24 heavy (non-hydrogen) atoms. The molecular formula is C17H17ClN4OS. The lowest BCUT2D eigenvalue weighted by Gasteiger charge is -2.19. The monoisotopic (exact) mass is 360 g/mol. The first kappa shape index (κ1) is 16.7. The van der Waals surface area contributed by atoms with Crippen molar-refractivity contribution in [3.05, 3.63) is 58.3 Å². The Bertz CT molecular complexity index is 801. The third-order valence-electron chi connectivity index (χ3n) is 3.64. The first-order valence-electron chi connectivity index (χ1n) is 7.67. The molecule has 0 aliphatic heterocycles. The fourth-order valence-electron chi connectivity index (χ4n) is 2.45. The number of pyridine rings is 1. The summed E-state index contributed by atoms with van der Waals surface area (Å²) in [6, 6.07) is 7.75. The van der Waals surface area contributed by atoms with Gasteiger partial charge in [-0.05, 0) is 36.9 Å². The first-order valence-corrected chi connectivity index (χ1v) is 8.93. The van der Waals surface area contributed by atoms with E-state index in [1.54, 1.807) is 39.5 Å². The maximum atomic E-state index is 12.6. The number of aryl methyl sites for hydroxylation is 1. The van der Waals surface area contributed by atoms with E-state index in [0.717, 1.165) is 12.1 Å². The van der Waals surface area contributed by atoms with E-state index in [1.165, 1.54) is 4.88 Å². The molecule has 0 atom stereocenters. The summed E-state index contributed by atoms with van der Waals surface area (Å²) in [7, 11) is 0. The second-order valence-corrected chi connectivity index (χ2v) is 6.57. The van der Waals surface area contributed by atoms with Crippen molar-refractivity contribution in [1.29, 1.82) is 0 Å². The van der Waals surface area contributed by atoms with E-state index in [0.29, 0.717) is 23.8 Å². The first-order chi connectivity index (χ1) is 11.7. The molecule has 0 saturated heterocycles. The molecule has 1 amide bonds. The summed E-state index contributed by atoms with van der Waals surface area (Å²) in [4.78, 5) is 19.5. The Morgan fingerprint density at radius 1 is 1.38 bits per heavy atom. The van der Waals surface area contributed by atoms with Crippen LogP contribution >= 0.6 is 22.9 Å². The number of hydrogen-bond acceptors (Lipinski definition) is 4. The van der Waals surface area contributed by atoms with Crippen molar-refractivity contribution < 1.29 is 4.79 Å². The highest BCUT2D eigenvalue weighted by atomic mass is 35.5. The molecule has 0 fully saturated rings. The Morgan fingerprint density at radius 2 is 2.25 bits per heavy atom. The minimum Gasteiger partial charge on any atom is -0.308 e. The highest BCUT2D eigenvalue weighted by molar-refractivity contribution is 7.09. The number of carbonyl (C=O) groups is 1. The van der Waals surface area contributed by atoms with Crippen molar-refractivity contribution in [2.45, 2.75) is 19.8 Å². The highest BCUT2D eigenvalue weighted by Gasteiger charge is 2.20. The molecule has 3 rings (SSSR count). The van der Waals surface area contributed by atoms with E-state index in [1.807, 2.05) is 36.6 Å². The highest BCUT2D eigenvalue weighted by Crippen LogP contribution is 2.26. The third-order valence-corrected chi connectivity index (χ3v) is 4.84. The Labute approximate surface area is 149 Å². The van der Waals surface area contributed by atoms with Crippen molar-refractivity contribution in [3.63, 3.8) is 0 Å². The van der Waals surface area contributed by atoms with Crippen LogP contribution in [0, 0.1) is 0 Å². The summed E-state index contributed by atoms with van der Waals surface area (Å²) in [6.45, 7) is 2.47. The van der Waals surface area contributed by atoms with Gasteiger partial charge in [0.2, 0.25) is 5.91 Å². The molecule has 3 heterocycles. The minimum atomic E-state index is 0.0403. The van der Waals surface area contributed by atoms with Gasteiger partial charge in [0, 0.05) is 24.0 Å². The summed E-state index contributed by atoms with van der Waals surface area (Å²) in [6.07, 6.45) is 6.35. The smallest absolute Gasteiger partial charge is 0.227 e. The Morgan fingerprint density at radius 3 is 2.92 bits per heavy atom. The van der Waals surface area contributed by atoms with Crippen LogP contribution in [0.2, 0.25) is 5.15 Å². The summed E-state index contributed by atoms with van der Waals surface area (Å²) < 4.78 is 1.64. The van der Waals surface area contributed by atoms with Gasteiger partial charge in [0.25, 0.3) is 0 Å². The van der Waals surface area contributed by atoms with Crippen molar-refractivity contribution >= 4 is 34.5 Å². The standard InChI is InChI=1S/C17H17ClN4OS/c1-2-21(16(23)8-7-14-6-4-10-24-14)15-12-22(20-17(15)18)13-5-3-9-19-11-13/h3-6,9-12H,2,7-8H2,1H3. The average Bonchev–Trinajstić information content (AvgIpc) is 3.25. The Balaban J connectivity index is 1.77. The predicted molar refractivity (Wildman–Crippen MR) is 97.0 cm³/mol. The molecule has 0 N–H and O–H groups in total. The maximum absolute atomic E-state index is 12.6. The van der Waals surface area contributed by atoms with Crippen LogP contribution in [0.15, 0.2) is 48.2 Å². The lowest BCUT2D eigenvalue weighted by molar-refractivity contribution is -0.118. The quantitative estimate of drug-likeness (QED) is 0.668. The predicted octanol–water partition coefficient (Wildman–Crippen LogP) is 3.97. The molecule has 0 spiro atoms. The van der Waals surface area contributed by atoms with Crippen molar-refractivity contribution in [2.75, 3.05) is 11.4 Å². The van der Waals surface area contributed by atoms with Gasteiger partial charge in [0.15, 0.2) is 5.15 Å². The molecule has 0 saturated carbocycles. The number of hydrogen-bond donors (Lipinski definition) is 0. The largest absolute Gasteiger partial charge is 0.308 e. The van der Waals surface area contributed by atoms with Crippen LogP contribution in [0.4, 0.5) is 5.69 Å². The fraction of sp³-hybridized carbons (Fsp3) is 0.235. The van der Waals surface area contributed by atoms with Crippen molar-refractivity contribution in [1.82, 2.24) is 14.8 Å². The molecule has 0 aromatic carbocycles. The van der Waals surface area contributed by atoms with Gasteiger partial charge >= 0.3 is 0 Å². The topological polar surface area (TPSA) is 51.0 Å². The van der Waals surface area contributed by atoms with E-state index < -0.39 is 0 Å². The van der Waals surface area contributed by atoms with Gasteiger partial charge in [-0.3, -0.25) is 9.78 Å². The average molecular weight is 361 g/mol. The number of halogens is 1. The molecule has 0 bridgehead atoms. The summed E-state index contributed by atoms with van der Waals surface area (Å²) >= 11 is 7.93. The zero-order valence-corrected chi connectivity index (χ0v) is 14.8. The van der Waals surface area contributed by atoms with Crippen LogP contribution in [-0.4, -0.2) is 27.2 Å². The fourth-order valence-corrected chi connectivity index (χ4v) is 3.39. The molecule has 3 aromatic rings. The van der Waals surface area contributed by atoms with Crippen LogP contribution in [-0.2, 0) is 11.2 Å². The molecule has 0 aliphatic rings. The van der Waals surface area contributed by atoms with E-state index >= 15 is 0 Å². The van der Waals surface area contributed by atoms with E-state index in [-0.39, 0.29) is 5.91 Å². The molecule has 0 unspecified atom stereocenters. The molecule has 0 aliphatic carbocycles. The number of rotatable bonds is 6. The SMILES string of the molecule is CCN(C(=O)CCc1cccs1)c1cn(-c2cccnc2)nc1Cl. The van der Waals surface area contributed by atoms with Crippen LogP contribution in [0.1, 0.15) is 18.2 Å². The summed E-state index contributed by atoms with van der Waals surface area (Å²) in [5, 5.41) is 6.62. The zero-order valence-electron chi connectivity index (χ0n) is 13.2. The van der Waals surface area contributed by atoms with Gasteiger partial charge in [-0.15, -0.1) is 11.3 Å².